The Morgan fingerprint density at radius 1 is 1.19 bits per heavy atom. The van der Waals surface area contributed by atoms with Crippen LogP contribution in [0.2, 0.25) is 5.02 Å². The SMILES string of the molecule is C#Cc1ccc(N2CC(=O)N(Cc3ccc(Cl)cc3)[C@]3(CCN(C(=O)OC(C)(C)C)C3)C2=O)c(F)c1. The van der Waals surface area contributed by atoms with Crippen molar-refractivity contribution in [2.24, 2.45) is 0 Å². The maximum Gasteiger partial charge on any atom is 0.410 e. The van der Waals surface area contributed by atoms with Gasteiger partial charge in [-0.2, -0.15) is 0 Å². The minimum atomic E-state index is -1.39. The summed E-state index contributed by atoms with van der Waals surface area (Å²) in [5, 5.41) is 0.545. The van der Waals surface area contributed by atoms with Gasteiger partial charge in [0.15, 0.2) is 0 Å². The van der Waals surface area contributed by atoms with Crippen LogP contribution in [0.1, 0.15) is 38.3 Å². The second kappa shape index (κ2) is 9.47. The Morgan fingerprint density at radius 2 is 1.89 bits per heavy atom. The largest absolute Gasteiger partial charge is 0.444 e. The third-order valence-corrected chi connectivity index (χ3v) is 6.56. The highest BCUT2D eigenvalue weighted by molar-refractivity contribution is 6.30. The number of piperazine rings is 1. The van der Waals surface area contributed by atoms with E-state index in [0.29, 0.717) is 10.6 Å². The van der Waals surface area contributed by atoms with E-state index in [-0.39, 0.29) is 44.2 Å². The summed E-state index contributed by atoms with van der Waals surface area (Å²) in [6.45, 7) is 5.19. The summed E-state index contributed by atoms with van der Waals surface area (Å²) in [5.41, 5.74) is -1.05. The molecule has 0 bridgehead atoms. The van der Waals surface area contributed by atoms with E-state index in [4.69, 9.17) is 22.8 Å². The number of carbonyl (C=O) groups excluding carboxylic acids is 3. The lowest BCUT2D eigenvalue weighted by Gasteiger charge is -2.47. The molecule has 188 valence electrons. The molecule has 2 aromatic rings. The number of benzene rings is 2. The number of terminal acetylenes is 1. The molecule has 1 spiro atoms. The first kappa shape index (κ1) is 25.5. The first-order valence-electron chi connectivity index (χ1n) is 11.5. The van der Waals surface area contributed by atoms with Crippen molar-refractivity contribution in [3.63, 3.8) is 0 Å². The molecule has 2 fully saturated rings. The minimum absolute atomic E-state index is 0.0337. The standard InChI is InChI=1S/C27H27ClFN3O4/c1-5-18-8-11-22(21(29)14-18)31-16-23(33)32(15-19-6-9-20(28)10-7-19)27(24(31)34)12-13-30(17-27)25(35)36-26(2,3)4/h1,6-11,14H,12-13,15-17H2,2-4H3/t27-/m0/s1. The Kier molecular flexibility index (Phi) is 6.72. The molecule has 2 aliphatic heterocycles. The van der Waals surface area contributed by atoms with Crippen molar-refractivity contribution in [1.29, 1.82) is 0 Å². The molecule has 3 amide bonds. The lowest BCUT2D eigenvalue weighted by atomic mass is 9.90. The molecule has 7 nitrogen and oxygen atoms in total. The number of halogens is 2. The van der Waals surface area contributed by atoms with E-state index in [2.05, 4.69) is 5.92 Å². The highest BCUT2D eigenvalue weighted by atomic mass is 35.5. The molecule has 0 aromatic heterocycles. The number of ether oxygens (including phenoxy) is 1. The monoisotopic (exact) mass is 511 g/mol. The molecule has 0 aliphatic carbocycles. The van der Waals surface area contributed by atoms with Gasteiger partial charge in [0.1, 0.15) is 23.5 Å². The van der Waals surface area contributed by atoms with Crippen molar-refractivity contribution in [2.45, 2.75) is 44.9 Å². The quantitative estimate of drug-likeness (QED) is 0.579. The van der Waals surface area contributed by atoms with Gasteiger partial charge < -0.3 is 14.5 Å². The van der Waals surface area contributed by atoms with Crippen LogP contribution >= 0.6 is 11.6 Å². The Bertz CT molecular complexity index is 1250. The highest BCUT2D eigenvalue weighted by Crippen LogP contribution is 2.38. The molecule has 4 rings (SSSR count). The number of carbonyl (C=O) groups is 3. The molecule has 36 heavy (non-hydrogen) atoms. The van der Waals surface area contributed by atoms with Crippen molar-refractivity contribution in [3.8, 4) is 12.3 Å². The number of anilines is 1. The van der Waals surface area contributed by atoms with Gasteiger partial charge in [0, 0.05) is 23.7 Å². The van der Waals surface area contributed by atoms with Gasteiger partial charge in [0.05, 0.1) is 12.2 Å². The summed E-state index contributed by atoms with van der Waals surface area (Å²) in [5.74, 6) is 0.828. The van der Waals surface area contributed by atoms with Crippen LogP contribution in [0, 0.1) is 18.2 Å². The number of rotatable bonds is 3. The van der Waals surface area contributed by atoms with Crippen LogP contribution in [0.3, 0.4) is 0 Å². The molecular weight excluding hydrogens is 485 g/mol. The van der Waals surface area contributed by atoms with Crippen LogP contribution in [0.25, 0.3) is 0 Å². The van der Waals surface area contributed by atoms with Crippen LogP contribution < -0.4 is 4.90 Å². The fraction of sp³-hybridized carbons (Fsp3) is 0.370. The van der Waals surface area contributed by atoms with Crippen LogP contribution in [-0.2, 0) is 20.9 Å². The third-order valence-electron chi connectivity index (χ3n) is 6.31. The van der Waals surface area contributed by atoms with E-state index in [1.165, 1.54) is 21.9 Å². The summed E-state index contributed by atoms with van der Waals surface area (Å²) in [6, 6.07) is 11.0. The summed E-state index contributed by atoms with van der Waals surface area (Å²) in [6.07, 6.45) is 4.97. The highest BCUT2D eigenvalue weighted by Gasteiger charge is 2.57. The molecule has 9 heteroatoms. The Morgan fingerprint density at radius 3 is 2.50 bits per heavy atom. The van der Waals surface area contributed by atoms with Crippen molar-refractivity contribution in [2.75, 3.05) is 24.5 Å². The average Bonchev–Trinajstić information content (AvgIpc) is 3.26. The van der Waals surface area contributed by atoms with Crippen molar-refractivity contribution < 1.29 is 23.5 Å². The predicted molar refractivity (Wildman–Crippen MR) is 134 cm³/mol. The van der Waals surface area contributed by atoms with Crippen LogP contribution in [0.4, 0.5) is 14.9 Å². The molecule has 0 radical (unpaired) electrons. The number of likely N-dealkylation sites (tertiary alicyclic amines) is 1. The number of nitrogens with zero attached hydrogens (tertiary/aromatic N) is 3. The maximum atomic E-state index is 15.0. The van der Waals surface area contributed by atoms with E-state index >= 15 is 0 Å². The Labute approximate surface area is 214 Å². The fourth-order valence-electron chi connectivity index (χ4n) is 4.59. The molecule has 2 saturated heterocycles. The van der Waals surface area contributed by atoms with Crippen molar-refractivity contribution in [3.05, 3.63) is 64.4 Å². The molecule has 0 N–H and O–H groups in total. The van der Waals surface area contributed by atoms with Crippen LogP contribution in [-0.4, -0.2) is 58.5 Å². The Balaban J connectivity index is 1.72. The van der Waals surface area contributed by atoms with Gasteiger partial charge in [-0.25, -0.2) is 9.18 Å². The smallest absolute Gasteiger partial charge is 0.410 e. The average molecular weight is 512 g/mol. The second-order valence-corrected chi connectivity index (χ2v) is 10.4. The predicted octanol–water partition coefficient (Wildman–Crippen LogP) is 4.22. The van der Waals surface area contributed by atoms with E-state index in [9.17, 15) is 18.8 Å². The number of hydrogen-bond acceptors (Lipinski definition) is 4. The van der Waals surface area contributed by atoms with Gasteiger partial charge in [-0.05, 0) is 63.1 Å². The molecule has 0 unspecified atom stereocenters. The van der Waals surface area contributed by atoms with E-state index in [1.54, 1.807) is 45.0 Å². The lowest BCUT2D eigenvalue weighted by molar-refractivity contribution is -0.151. The van der Waals surface area contributed by atoms with Crippen LogP contribution in [0.15, 0.2) is 42.5 Å². The van der Waals surface area contributed by atoms with Gasteiger partial charge in [-0.1, -0.05) is 29.7 Å². The Hall–Kier alpha value is -3.57. The fourth-order valence-corrected chi connectivity index (χ4v) is 4.72. The van der Waals surface area contributed by atoms with E-state index in [1.807, 2.05) is 0 Å². The van der Waals surface area contributed by atoms with Gasteiger partial charge in [0.2, 0.25) is 5.91 Å². The molecule has 1 atom stereocenters. The van der Waals surface area contributed by atoms with Crippen molar-refractivity contribution in [1.82, 2.24) is 9.80 Å². The van der Waals surface area contributed by atoms with Gasteiger partial charge in [-0.15, -0.1) is 6.42 Å². The normalized spacial score (nSPS) is 20.2. The third kappa shape index (κ3) is 4.89. The maximum absolute atomic E-state index is 15.0. The lowest BCUT2D eigenvalue weighted by Crippen LogP contribution is -2.69. The van der Waals surface area contributed by atoms with E-state index in [0.717, 1.165) is 16.5 Å². The summed E-state index contributed by atoms with van der Waals surface area (Å²) in [4.78, 5) is 44.4. The summed E-state index contributed by atoms with van der Waals surface area (Å²) >= 11 is 6.01. The zero-order valence-electron chi connectivity index (χ0n) is 20.4. The van der Waals surface area contributed by atoms with Crippen molar-refractivity contribution >= 4 is 35.2 Å². The summed E-state index contributed by atoms with van der Waals surface area (Å²) in [7, 11) is 0. The van der Waals surface area contributed by atoms with Gasteiger partial charge >= 0.3 is 6.09 Å². The second-order valence-electron chi connectivity index (χ2n) is 9.99. The zero-order chi connectivity index (χ0) is 26.3. The van der Waals surface area contributed by atoms with Gasteiger partial charge in [0.25, 0.3) is 5.91 Å². The topological polar surface area (TPSA) is 70.2 Å². The zero-order valence-corrected chi connectivity index (χ0v) is 21.1. The van der Waals surface area contributed by atoms with E-state index < -0.39 is 29.0 Å². The number of hydrogen-bond donors (Lipinski definition) is 0. The first-order chi connectivity index (χ1) is 16.9. The minimum Gasteiger partial charge on any atom is -0.444 e. The summed E-state index contributed by atoms with van der Waals surface area (Å²) < 4.78 is 20.5. The molecule has 2 aromatic carbocycles. The number of amides is 3. The van der Waals surface area contributed by atoms with Crippen LogP contribution in [0.5, 0.6) is 0 Å². The molecule has 2 aliphatic rings. The molecule has 2 heterocycles. The molecular formula is C27H27ClFN3O4. The molecule has 0 saturated carbocycles. The first-order valence-corrected chi connectivity index (χ1v) is 11.9. The van der Waals surface area contributed by atoms with Gasteiger partial charge in [-0.3, -0.25) is 14.5 Å².